The van der Waals surface area contributed by atoms with Gasteiger partial charge in [-0.25, -0.2) is 0 Å². The van der Waals surface area contributed by atoms with Gasteiger partial charge in [0.25, 0.3) is 0 Å². The Morgan fingerprint density at radius 3 is 2.65 bits per heavy atom. The van der Waals surface area contributed by atoms with E-state index in [9.17, 15) is 4.79 Å². The molecule has 17 heavy (non-hydrogen) atoms. The van der Waals surface area contributed by atoms with Crippen molar-refractivity contribution in [1.82, 2.24) is 5.32 Å². The van der Waals surface area contributed by atoms with Crippen molar-refractivity contribution in [2.45, 2.75) is 45.4 Å². The van der Waals surface area contributed by atoms with Crippen molar-refractivity contribution in [3.8, 4) is 0 Å². The van der Waals surface area contributed by atoms with E-state index in [-0.39, 0.29) is 17.9 Å². The van der Waals surface area contributed by atoms with Crippen molar-refractivity contribution in [2.24, 2.45) is 22.6 Å². The molecule has 4 nitrogen and oxygen atoms in total. The lowest BCUT2D eigenvalue weighted by molar-refractivity contribution is -0.120. The van der Waals surface area contributed by atoms with Crippen molar-refractivity contribution < 1.29 is 4.79 Å². The molecule has 1 aliphatic rings. The topological polar surface area (TPSA) is 67.5 Å². The van der Waals surface area contributed by atoms with Gasteiger partial charge in [-0.3, -0.25) is 9.79 Å². The molecule has 1 aliphatic heterocycles. The number of carbonyl (C=O) groups is 1. The van der Waals surface area contributed by atoms with Crippen LogP contribution in [0, 0.1) is 11.8 Å². The highest BCUT2D eigenvalue weighted by Crippen LogP contribution is 2.26. The summed E-state index contributed by atoms with van der Waals surface area (Å²) in [7, 11) is 0. The number of hydrogen-bond acceptors (Lipinski definition) is 4. The average Bonchev–Trinajstić information content (AvgIpc) is 2.59. The Kier molecular flexibility index (Phi) is 5.31. The van der Waals surface area contributed by atoms with Crippen molar-refractivity contribution in [3.63, 3.8) is 0 Å². The molecule has 1 rings (SSSR count). The predicted molar refractivity (Wildman–Crippen MR) is 74.1 cm³/mol. The first-order valence-electron chi connectivity index (χ1n) is 6.17. The summed E-state index contributed by atoms with van der Waals surface area (Å²) < 4.78 is 0. The highest BCUT2D eigenvalue weighted by atomic mass is 32.2. The third kappa shape index (κ3) is 4.58. The number of hydrogen-bond donors (Lipinski definition) is 2. The summed E-state index contributed by atoms with van der Waals surface area (Å²) in [4.78, 5) is 15.7. The maximum absolute atomic E-state index is 11.3. The summed E-state index contributed by atoms with van der Waals surface area (Å²) in [5.41, 5.74) is 5.37. The van der Waals surface area contributed by atoms with Gasteiger partial charge in [-0.15, -0.1) is 0 Å². The van der Waals surface area contributed by atoms with Crippen LogP contribution in [-0.4, -0.2) is 28.9 Å². The molecule has 3 N–H and O–H groups in total. The third-order valence-electron chi connectivity index (χ3n) is 2.70. The van der Waals surface area contributed by atoms with E-state index in [0.29, 0.717) is 11.2 Å². The Labute approximate surface area is 108 Å². The minimum atomic E-state index is -0.320. The fourth-order valence-corrected chi connectivity index (χ4v) is 3.13. The fourth-order valence-electron chi connectivity index (χ4n) is 1.84. The molecule has 0 radical (unpaired) electrons. The second-order valence-corrected chi connectivity index (χ2v) is 6.57. The first-order chi connectivity index (χ1) is 7.90. The second kappa shape index (κ2) is 6.28. The smallest absolute Gasteiger partial charge is 0.240 e. The van der Waals surface area contributed by atoms with Gasteiger partial charge in [0.1, 0.15) is 6.04 Å². The summed E-state index contributed by atoms with van der Waals surface area (Å²) in [5.74, 6) is 0.551. The minimum Gasteiger partial charge on any atom is -0.368 e. The zero-order valence-electron chi connectivity index (χ0n) is 11.1. The van der Waals surface area contributed by atoms with Gasteiger partial charge >= 0.3 is 0 Å². The van der Waals surface area contributed by atoms with Crippen LogP contribution in [0.25, 0.3) is 0 Å². The van der Waals surface area contributed by atoms with E-state index in [4.69, 9.17) is 5.73 Å². The molecule has 0 aliphatic carbocycles. The van der Waals surface area contributed by atoms with Crippen molar-refractivity contribution in [1.29, 1.82) is 0 Å². The molecular formula is C12H23N3OS. The van der Waals surface area contributed by atoms with Gasteiger partial charge in [0.2, 0.25) is 5.91 Å². The summed E-state index contributed by atoms with van der Waals surface area (Å²) in [5, 5.41) is 4.57. The molecule has 0 aromatic carbocycles. The maximum atomic E-state index is 11.3. The van der Waals surface area contributed by atoms with Crippen LogP contribution in [-0.2, 0) is 4.79 Å². The molecule has 5 heteroatoms. The van der Waals surface area contributed by atoms with Crippen LogP contribution in [0.5, 0.6) is 0 Å². The molecule has 0 spiro atoms. The highest BCUT2D eigenvalue weighted by Gasteiger charge is 2.26. The summed E-state index contributed by atoms with van der Waals surface area (Å²) in [6.07, 6.45) is 1.16. The number of nitrogens with zero attached hydrogens (tertiary/aromatic N) is 1. The van der Waals surface area contributed by atoms with Gasteiger partial charge in [0.15, 0.2) is 5.17 Å². The lowest BCUT2D eigenvalue weighted by Crippen LogP contribution is -2.46. The van der Waals surface area contributed by atoms with Crippen LogP contribution in [0.3, 0.4) is 0 Å². The van der Waals surface area contributed by atoms with Gasteiger partial charge in [-0.2, -0.15) is 0 Å². The first kappa shape index (κ1) is 14.4. The number of rotatable bonds is 5. The largest absolute Gasteiger partial charge is 0.368 e. The molecule has 0 aromatic heterocycles. The number of nitrogens with two attached hydrogens (primary N) is 1. The van der Waals surface area contributed by atoms with E-state index in [0.717, 1.165) is 18.1 Å². The van der Waals surface area contributed by atoms with Gasteiger partial charge in [0.05, 0.1) is 6.54 Å². The molecule has 1 heterocycles. The van der Waals surface area contributed by atoms with Crippen molar-refractivity contribution in [3.05, 3.63) is 0 Å². The zero-order valence-corrected chi connectivity index (χ0v) is 11.9. The molecule has 0 saturated heterocycles. The van der Waals surface area contributed by atoms with Gasteiger partial charge in [0, 0.05) is 5.25 Å². The number of nitrogens with one attached hydrogen (secondary N) is 1. The predicted octanol–water partition coefficient (Wildman–Crippen LogP) is 1.60. The molecule has 0 fully saturated rings. The van der Waals surface area contributed by atoms with Crippen LogP contribution < -0.4 is 11.1 Å². The molecule has 2 atom stereocenters. The fraction of sp³-hybridized carbons (Fsp3) is 0.833. The van der Waals surface area contributed by atoms with Gasteiger partial charge < -0.3 is 11.1 Å². The zero-order chi connectivity index (χ0) is 13.0. The summed E-state index contributed by atoms with van der Waals surface area (Å²) in [6, 6.07) is -0.320. The van der Waals surface area contributed by atoms with Gasteiger partial charge in [-0.05, 0) is 18.3 Å². The van der Waals surface area contributed by atoms with E-state index >= 15 is 0 Å². The van der Waals surface area contributed by atoms with E-state index in [1.165, 1.54) is 0 Å². The molecular weight excluding hydrogens is 234 g/mol. The van der Waals surface area contributed by atoms with E-state index in [1.807, 2.05) is 13.8 Å². The highest BCUT2D eigenvalue weighted by molar-refractivity contribution is 8.14. The molecule has 98 valence electrons. The number of amides is 1. The monoisotopic (exact) mass is 257 g/mol. The van der Waals surface area contributed by atoms with Crippen LogP contribution in [0.4, 0.5) is 0 Å². The Bertz CT molecular complexity index is 302. The Morgan fingerprint density at radius 2 is 2.18 bits per heavy atom. The number of primary amides is 1. The van der Waals surface area contributed by atoms with Crippen molar-refractivity contribution in [2.75, 3.05) is 6.54 Å². The standard InChI is InChI=1S/C12H23N3OS/c1-7(2)5-9-6-14-12(17-9)15-10(8(3)4)11(13)16/h7-10H,5-6H2,1-4H3,(H2,13,16)(H,14,15). The molecule has 1 amide bonds. The lowest BCUT2D eigenvalue weighted by Gasteiger charge is -2.20. The van der Waals surface area contributed by atoms with E-state index in [2.05, 4.69) is 24.2 Å². The van der Waals surface area contributed by atoms with Crippen molar-refractivity contribution >= 4 is 22.8 Å². The molecule has 0 aromatic rings. The number of amidine groups is 1. The first-order valence-corrected chi connectivity index (χ1v) is 7.05. The Balaban J connectivity index is 2.46. The maximum Gasteiger partial charge on any atom is 0.240 e. The van der Waals surface area contributed by atoms with Crippen LogP contribution in [0.1, 0.15) is 34.1 Å². The van der Waals surface area contributed by atoms with Gasteiger partial charge in [-0.1, -0.05) is 39.5 Å². The quantitative estimate of drug-likeness (QED) is 0.786. The number of carbonyl (C=O) groups excluding carboxylic acids is 1. The molecule has 0 saturated carbocycles. The Morgan fingerprint density at radius 1 is 1.53 bits per heavy atom. The molecule has 0 bridgehead atoms. The number of thioether (sulfide) groups is 1. The Hall–Kier alpha value is -0.710. The van der Waals surface area contributed by atoms with Crippen LogP contribution in [0.2, 0.25) is 0 Å². The minimum absolute atomic E-state index is 0.181. The summed E-state index contributed by atoms with van der Waals surface area (Å²) in [6.45, 7) is 9.23. The lowest BCUT2D eigenvalue weighted by atomic mass is 10.0. The summed E-state index contributed by atoms with van der Waals surface area (Å²) >= 11 is 1.73. The normalized spacial score (nSPS) is 21.8. The van der Waals surface area contributed by atoms with E-state index in [1.54, 1.807) is 11.8 Å². The van der Waals surface area contributed by atoms with Crippen LogP contribution in [0.15, 0.2) is 4.99 Å². The third-order valence-corrected chi connectivity index (χ3v) is 3.85. The average molecular weight is 257 g/mol. The van der Waals surface area contributed by atoms with E-state index < -0.39 is 0 Å². The number of aliphatic imine (C=N–C) groups is 1. The SMILES string of the molecule is CC(C)CC1CN=C(NC(C(N)=O)C(C)C)S1. The molecule has 2 unspecified atom stereocenters. The van der Waals surface area contributed by atoms with Crippen LogP contribution >= 0.6 is 11.8 Å². The second-order valence-electron chi connectivity index (χ2n) is 5.28.